The zero-order chi connectivity index (χ0) is 18.4. The van der Waals surface area contributed by atoms with Gasteiger partial charge in [0.15, 0.2) is 0 Å². The second-order valence-corrected chi connectivity index (χ2v) is 7.64. The van der Waals surface area contributed by atoms with Crippen molar-refractivity contribution in [3.8, 4) is 11.5 Å². The van der Waals surface area contributed by atoms with Crippen LogP contribution in [0, 0.1) is 5.41 Å². The number of aliphatic hydroxyl groups excluding tert-OH is 2. The number of aliphatic hydroxyl groups is 2. The van der Waals surface area contributed by atoms with E-state index in [0.29, 0.717) is 13.1 Å². The summed E-state index contributed by atoms with van der Waals surface area (Å²) in [4.78, 5) is 3.27. The van der Waals surface area contributed by atoms with Crippen molar-refractivity contribution in [3.63, 3.8) is 0 Å². The molecule has 0 bridgehead atoms. The smallest absolute Gasteiger partial charge is 0.132 e. The summed E-state index contributed by atoms with van der Waals surface area (Å²) < 4.78 is 11.1. The number of benzene rings is 1. The van der Waals surface area contributed by atoms with Gasteiger partial charge >= 0.3 is 0 Å². The highest BCUT2D eigenvalue weighted by Gasteiger charge is 2.41. The third-order valence-electron chi connectivity index (χ3n) is 5.31. The Hall–Kier alpha value is -0.950. The first-order chi connectivity index (χ1) is 12.0. The molecule has 1 aliphatic rings. The lowest BCUT2D eigenvalue weighted by atomic mass is 9.73. The van der Waals surface area contributed by atoms with Gasteiger partial charge in [0.1, 0.15) is 11.5 Å². The quantitative estimate of drug-likeness (QED) is 0.687. The molecule has 25 heavy (non-hydrogen) atoms. The summed E-state index contributed by atoms with van der Waals surface area (Å²) in [6, 6.07) is 4.03. The molecule has 142 valence electrons. The fraction of sp³-hybridized carbons (Fsp3) is 0.684. The van der Waals surface area contributed by atoms with Crippen LogP contribution in [0.15, 0.2) is 17.0 Å². The molecule has 0 aliphatic carbocycles. The number of hydrogen-bond acceptors (Lipinski definition) is 6. The maximum atomic E-state index is 10.6. The Labute approximate surface area is 155 Å². The van der Waals surface area contributed by atoms with Crippen LogP contribution < -0.4 is 9.47 Å². The van der Waals surface area contributed by atoms with Gasteiger partial charge in [-0.2, -0.15) is 0 Å². The van der Waals surface area contributed by atoms with E-state index in [1.165, 1.54) is 0 Å². The molecular weight excluding hydrogens is 338 g/mol. The molecule has 1 heterocycles. The third kappa shape index (κ3) is 4.42. The molecule has 0 spiro atoms. The van der Waals surface area contributed by atoms with Crippen LogP contribution >= 0.6 is 11.8 Å². The average Bonchev–Trinajstić information content (AvgIpc) is 2.63. The molecule has 1 aliphatic heterocycles. The van der Waals surface area contributed by atoms with Crippen LogP contribution in [0.1, 0.15) is 31.7 Å². The normalized spacial score (nSPS) is 24.3. The van der Waals surface area contributed by atoms with Gasteiger partial charge in [-0.15, -0.1) is 11.8 Å². The van der Waals surface area contributed by atoms with Crippen molar-refractivity contribution in [1.29, 1.82) is 0 Å². The van der Waals surface area contributed by atoms with Gasteiger partial charge in [0, 0.05) is 24.1 Å². The number of β-amino-alcohol motifs (C(OH)–C–C–N with tert-alkyl or cyclic N) is 1. The number of nitrogens with zero attached hydrogens (tertiary/aromatic N) is 1. The summed E-state index contributed by atoms with van der Waals surface area (Å²) in [5.74, 6) is 1.68. The molecule has 1 fully saturated rings. The Kier molecular flexibility index (Phi) is 7.43. The molecule has 0 aromatic heterocycles. The van der Waals surface area contributed by atoms with Gasteiger partial charge in [-0.05, 0) is 37.8 Å². The van der Waals surface area contributed by atoms with Crippen LogP contribution in [0.4, 0.5) is 0 Å². The van der Waals surface area contributed by atoms with Gasteiger partial charge in [-0.25, -0.2) is 0 Å². The van der Waals surface area contributed by atoms with Crippen LogP contribution in [0.5, 0.6) is 11.5 Å². The van der Waals surface area contributed by atoms with Crippen LogP contribution in [0.3, 0.4) is 0 Å². The fourth-order valence-electron chi connectivity index (χ4n) is 3.73. The predicted molar refractivity (Wildman–Crippen MR) is 102 cm³/mol. The minimum Gasteiger partial charge on any atom is -0.496 e. The Morgan fingerprint density at radius 3 is 2.52 bits per heavy atom. The van der Waals surface area contributed by atoms with Crippen LogP contribution in [0.25, 0.3) is 0 Å². The lowest BCUT2D eigenvalue weighted by Crippen LogP contribution is -2.52. The van der Waals surface area contributed by atoms with E-state index in [2.05, 4.69) is 11.8 Å². The summed E-state index contributed by atoms with van der Waals surface area (Å²) >= 11 is 1.63. The average molecular weight is 370 g/mol. The van der Waals surface area contributed by atoms with Gasteiger partial charge in [0.2, 0.25) is 0 Å². The highest BCUT2D eigenvalue weighted by Crippen LogP contribution is 2.38. The van der Waals surface area contributed by atoms with Crippen molar-refractivity contribution in [2.45, 2.75) is 43.7 Å². The van der Waals surface area contributed by atoms with E-state index in [9.17, 15) is 10.2 Å². The topological polar surface area (TPSA) is 62.2 Å². The molecule has 5 nitrogen and oxygen atoms in total. The van der Waals surface area contributed by atoms with E-state index in [0.717, 1.165) is 47.8 Å². The standard InChI is InChI=1S/C19H31NO4S/c1-5-6-19(13-21)7-8-20(12-18(19)22)11-14-9-16(24-3)17(25-4)10-15(14)23-2/h9-10,18,21-22H,5-8,11-13H2,1-4H3/t18-,19-/m1/s1. The number of methoxy groups -OCH3 is 2. The van der Waals surface area contributed by atoms with Crippen molar-refractivity contribution < 1.29 is 19.7 Å². The molecule has 0 amide bonds. The van der Waals surface area contributed by atoms with Gasteiger partial charge in [0.25, 0.3) is 0 Å². The van der Waals surface area contributed by atoms with Crippen LogP contribution in [0.2, 0.25) is 0 Å². The summed E-state index contributed by atoms with van der Waals surface area (Å²) in [6.45, 7) is 4.26. The van der Waals surface area contributed by atoms with E-state index >= 15 is 0 Å². The summed E-state index contributed by atoms with van der Waals surface area (Å²) in [5, 5.41) is 20.5. The van der Waals surface area contributed by atoms with Gasteiger partial charge in [0.05, 0.1) is 31.8 Å². The van der Waals surface area contributed by atoms with E-state index in [4.69, 9.17) is 9.47 Å². The van der Waals surface area contributed by atoms with Gasteiger partial charge < -0.3 is 19.7 Å². The number of thioether (sulfide) groups is 1. The number of likely N-dealkylation sites (tertiary alicyclic amines) is 1. The second-order valence-electron chi connectivity index (χ2n) is 6.79. The molecule has 1 saturated heterocycles. The molecule has 1 aromatic carbocycles. The number of rotatable bonds is 8. The van der Waals surface area contributed by atoms with Crippen molar-refractivity contribution >= 4 is 11.8 Å². The third-order valence-corrected chi connectivity index (χ3v) is 6.07. The molecule has 2 atom stereocenters. The summed E-state index contributed by atoms with van der Waals surface area (Å²) in [7, 11) is 3.36. The van der Waals surface area contributed by atoms with Gasteiger partial charge in [-0.1, -0.05) is 13.3 Å². The first kappa shape index (κ1) is 20.4. The maximum absolute atomic E-state index is 10.6. The molecule has 0 saturated carbocycles. The van der Waals surface area contributed by atoms with E-state index < -0.39 is 6.10 Å². The lowest BCUT2D eigenvalue weighted by molar-refractivity contribution is -0.0803. The largest absolute Gasteiger partial charge is 0.496 e. The monoisotopic (exact) mass is 369 g/mol. The van der Waals surface area contributed by atoms with Gasteiger partial charge in [-0.3, -0.25) is 4.90 Å². The Morgan fingerprint density at radius 2 is 2.00 bits per heavy atom. The van der Waals surface area contributed by atoms with Crippen molar-refractivity contribution in [3.05, 3.63) is 17.7 Å². The van der Waals surface area contributed by atoms with E-state index in [1.807, 2.05) is 18.4 Å². The number of piperidine rings is 1. The molecule has 6 heteroatoms. The Balaban J connectivity index is 2.15. The first-order valence-corrected chi connectivity index (χ1v) is 10.1. The minimum absolute atomic E-state index is 0.0510. The number of hydrogen-bond donors (Lipinski definition) is 2. The minimum atomic E-state index is -0.510. The Bertz CT molecular complexity index is 569. The zero-order valence-corrected chi connectivity index (χ0v) is 16.6. The van der Waals surface area contributed by atoms with Crippen LogP contribution in [-0.4, -0.2) is 61.4 Å². The highest BCUT2D eigenvalue weighted by molar-refractivity contribution is 7.98. The molecule has 2 rings (SSSR count). The van der Waals surface area contributed by atoms with Crippen molar-refractivity contribution in [2.75, 3.05) is 40.2 Å². The van der Waals surface area contributed by atoms with Crippen molar-refractivity contribution in [1.82, 2.24) is 4.90 Å². The molecule has 0 radical (unpaired) electrons. The summed E-state index contributed by atoms with van der Waals surface area (Å²) in [5.41, 5.74) is 0.701. The molecule has 2 N–H and O–H groups in total. The highest BCUT2D eigenvalue weighted by atomic mass is 32.2. The number of ether oxygens (including phenoxy) is 2. The predicted octanol–water partition coefficient (Wildman–Crippen LogP) is 2.77. The second kappa shape index (κ2) is 9.12. The zero-order valence-electron chi connectivity index (χ0n) is 15.7. The summed E-state index contributed by atoms with van der Waals surface area (Å²) in [6.07, 6.45) is 4.14. The first-order valence-electron chi connectivity index (χ1n) is 8.83. The SMILES string of the molecule is CCC[C@]1(CO)CCN(Cc2cc(OC)c(SC)cc2OC)C[C@H]1O. The van der Waals surface area contributed by atoms with Crippen molar-refractivity contribution in [2.24, 2.45) is 5.41 Å². The molecular formula is C19H31NO4S. The fourth-order valence-corrected chi connectivity index (χ4v) is 4.30. The molecule has 1 aromatic rings. The lowest BCUT2D eigenvalue weighted by Gasteiger charge is -2.44. The Morgan fingerprint density at radius 1 is 1.28 bits per heavy atom. The van der Waals surface area contributed by atoms with E-state index in [-0.39, 0.29) is 12.0 Å². The van der Waals surface area contributed by atoms with E-state index in [1.54, 1.807) is 26.0 Å². The molecule has 0 unspecified atom stereocenters. The maximum Gasteiger partial charge on any atom is 0.132 e. The van der Waals surface area contributed by atoms with Crippen LogP contribution in [-0.2, 0) is 6.54 Å².